The summed E-state index contributed by atoms with van der Waals surface area (Å²) in [4.78, 5) is 9.21. The predicted octanol–water partition coefficient (Wildman–Crippen LogP) is 5.41. The van der Waals surface area contributed by atoms with Gasteiger partial charge in [0.1, 0.15) is 5.82 Å². The predicted molar refractivity (Wildman–Crippen MR) is 123 cm³/mol. The van der Waals surface area contributed by atoms with E-state index in [1.807, 2.05) is 19.3 Å². The zero-order valence-corrected chi connectivity index (χ0v) is 18.1. The van der Waals surface area contributed by atoms with E-state index in [0.29, 0.717) is 6.04 Å². The summed E-state index contributed by atoms with van der Waals surface area (Å²) in [5.41, 5.74) is 5.57. The molecule has 154 valence electrons. The van der Waals surface area contributed by atoms with Crippen LogP contribution in [0.4, 0.5) is 10.9 Å². The molecule has 0 saturated heterocycles. The molecule has 1 saturated carbocycles. The molecule has 1 aliphatic rings. The summed E-state index contributed by atoms with van der Waals surface area (Å²) < 4.78 is 1.14. The number of H-pyrrole nitrogens is 1. The number of anilines is 2. The lowest BCUT2D eigenvalue weighted by Gasteiger charge is -2.12. The highest BCUT2D eigenvalue weighted by atomic mass is 32.1. The second-order valence-corrected chi connectivity index (χ2v) is 9.31. The van der Waals surface area contributed by atoms with Crippen molar-refractivity contribution < 1.29 is 0 Å². The van der Waals surface area contributed by atoms with Crippen LogP contribution < -0.4 is 10.6 Å². The molecular weight excluding hydrogens is 392 g/mol. The lowest BCUT2D eigenvalue weighted by Crippen LogP contribution is -2.25. The number of benzene rings is 1. The number of fused-ring (bicyclic) bond motifs is 1. The first kappa shape index (κ1) is 19.2. The maximum absolute atomic E-state index is 4.73. The fourth-order valence-electron chi connectivity index (χ4n) is 4.20. The molecule has 0 aliphatic heterocycles. The summed E-state index contributed by atoms with van der Waals surface area (Å²) in [7, 11) is 0. The number of thiazole rings is 1. The van der Waals surface area contributed by atoms with Gasteiger partial charge in [0.2, 0.25) is 0 Å². The fraction of sp³-hybridized carbons (Fsp3) is 0.348. The molecule has 1 fully saturated rings. The van der Waals surface area contributed by atoms with E-state index in [9.17, 15) is 0 Å². The summed E-state index contributed by atoms with van der Waals surface area (Å²) in [6.45, 7) is 5.25. The highest BCUT2D eigenvalue weighted by molar-refractivity contribution is 7.22. The monoisotopic (exact) mass is 418 g/mol. The fourth-order valence-corrected chi connectivity index (χ4v) is 5.12. The zero-order valence-electron chi connectivity index (χ0n) is 17.3. The Bertz CT molecular complexity index is 1160. The molecular formula is C23H26N6S. The third-order valence-electron chi connectivity index (χ3n) is 5.88. The third-order valence-corrected chi connectivity index (χ3v) is 6.81. The summed E-state index contributed by atoms with van der Waals surface area (Å²) in [5.74, 6) is 1.67. The Morgan fingerprint density at radius 2 is 2.13 bits per heavy atom. The third kappa shape index (κ3) is 4.08. The van der Waals surface area contributed by atoms with Crippen molar-refractivity contribution in [3.8, 4) is 11.1 Å². The molecule has 3 heterocycles. The molecule has 0 radical (unpaired) electrons. The highest BCUT2D eigenvalue weighted by Crippen LogP contribution is 2.32. The number of pyridine rings is 1. The van der Waals surface area contributed by atoms with Crippen molar-refractivity contribution in [2.75, 3.05) is 5.32 Å². The van der Waals surface area contributed by atoms with Crippen LogP contribution in [0.2, 0.25) is 0 Å². The molecule has 3 aromatic heterocycles. The van der Waals surface area contributed by atoms with Gasteiger partial charge in [-0.15, -0.1) is 0 Å². The van der Waals surface area contributed by atoms with E-state index in [0.717, 1.165) is 50.4 Å². The molecule has 7 heteroatoms. The SMILES string of the molecule is Cc1[nH]ncc1-c1ccc2nc(Nc3cc(CNC4CCC(C)C4)ccn3)sc2c1. The Morgan fingerprint density at radius 3 is 2.93 bits per heavy atom. The van der Waals surface area contributed by atoms with Crippen LogP contribution in [0, 0.1) is 12.8 Å². The summed E-state index contributed by atoms with van der Waals surface area (Å²) in [6, 6.07) is 11.2. The van der Waals surface area contributed by atoms with E-state index in [2.05, 4.69) is 63.1 Å². The first-order chi connectivity index (χ1) is 14.6. The van der Waals surface area contributed by atoms with Gasteiger partial charge in [-0.05, 0) is 67.5 Å². The lowest BCUT2D eigenvalue weighted by molar-refractivity contribution is 0.502. The molecule has 1 aliphatic carbocycles. The number of rotatable bonds is 6. The molecule has 30 heavy (non-hydrogen) atoms. The molecule has 0 spiro atoms. The van der Waals surface area contributed by atoms with Crippen molar-refractivity contribution in [3.63, 3.8) is 0 Å². The van der Waals surface area contributed by atoms with Crippen LogP contribution in [0.3, 0.4) is 0 Å². The van der Waals surface area contributed by atoms with E-state index in [1.165, 1.54) is 24.8 Å². The number of nitrogens with zero attached hydrogens (tertiary/aromatic N) is 3. The maximum Gasteiger partial charge on any atom is 0.189 e. The number of hydrogen-bond acceptors (Lipinski definition) is 6. The average molecular weight is 419 g/mol. The van der Waals surface area contributed by atoms with Crippen molar-refractivity contribution >= 4 is 32.5 Å². The Hall–Kier alpha value is -2.77. The molecule has 0 amide bonds. The van der Waals surface area contributed by atoms with Crippen LogP contribution in [0.5, 0.6) is 0 Å². The quantitative estimate of drug-likeness (QED) is 0.390. The molecule has 3 N–H and O–H groups in total. The molecule has 1 aromatic carbocycles. The Kier molecular flexibility index (Phi) is 5.23. The second-order valence-electron chi connectivity index (χ2n) is 8.28. The van der Waals surface area contributed by atoms with Gasteiger partial charge in [-0.25, -0.2) is 9.97 Å². The number of aromatic nitrogens is 4. The average Bonchev–Trinajstić information content (AvgIpc) is 3.45. The molecule has 6 nitrogen and oxygen atoms in total. The van der Waals surface area contributed by atoms with Gasteiger partial charge < -0.3 is 10.6 Å². The van der Waals surface area contributed by atoms with Crippen LogP contribution in [-0.4, -0.2) is 26.2 Å². The molecule has 0 bridgehead atoms. The number of nitrogens with one attached hydrogen (secondary N) is 3. The number of hydrogen-bond donors (Lipinski definition) is 3. The van der Waals surface area contributed by atoms with Gasteiger partial charge in [-0.2, -0.15) is 5.10 Å². The summed E-state index contributed by atoms with van der Waals surface area (Å²) >= 11 is 1.64. The molecule has 5 rings (SSSR count). The minimum atomic E-state index is 0.641. The lowest BCUT2D eigenvalue weighted by atomic mass is 10.1. The first-order valence-electron chi connectivity index (χ1n) is 10.5. The van der Waals surface area contributed by atoms with Gasteiger partial charge >= 0.3 is 0 Å². The maximum atomic E-state index is 4.73. The largest absolute Gasteiger partial charge is 0.316 e. The Morgan fingerprint density at radius 1 is 1.20 bits per heavy atom. The van der Waals surface area contributed by atoms with Gasteiger partial charge in [0, 0.05) is 30.0 Å². The Labute approximate surface area is 180 Å². The van der Waals surface area contributed by atoms with E-state index in [-0.39, 0.29) is 0 Å². The van der Waals surface area contributed by atoms with Crippen molar-refractivity contribution in [2.45, 2.75) is 45.7 Å². The van der Waals surface area contributed by atoms with E-state index in [4.69, 9.17) is 4.98 Å². The summed E-state index contributed by atoms with van der Waals surface area (Å²) in [5, 5.41) is 15.1. The second kappa shape index (κ2) is 8.16. The van der Waals surface area contributed by atoms with Gasteiger partial charge in [0.25, 0.3) is 0 Å². The smallest absolute Gasteiger partial charge is 0.189 e. The van der Waals surface area contributed by atoms with Gasteiger partial charge in [-0.1, -0.05) is 24.3 Å². The van der Waals surface area contributed by atoms with E-state index >= 15 is 0 Å². The van der Waals surface area contributed by atoms with Crippen molar-refractivity contribution in [1.82, 2.24) is 25.5 Å². The minimum absolute atomic E-state index is 0.641. The van der Waals surface area contributed by atoms with Crippen molar-refractivity contribution in [2.24, 2.45) is 5.92 Å². The summed E-state index contributed by atoms with van der Waals surface area (Å²) in [6.07, 6.45) is 7.63. The highest BCUT2D eigenvalue weighted by Gasteiger charge is 2.20. The van der Waals surface area contributed by atoms with E-state index < -0.39 is 0 Å². The van der Waals surface area contributed by atoms with Crippen LogP contribution in [-0.2, 0) is 6.54 Å². The number of aryl methyl sites for hydroxylation is 1. The molecule has 2 atom stereocenters. The van der Waals surface area contributed by atoms with Gasteiger partial charge in [0.15, 0.2) is 5.13 Å². The van der Waals surface area contributed by atoms with Crippen molar-refractivity contribution in [3.05, 3.63) is 54.0 Å². The zero-order chi connectivity index (χ0) is 20.5. The number of aromatic amines is 1. The minimum Gasteiger partial charge on any atom is -0.316 e. The van der Waals surface area contributed by atoms with E-state index in [1.54, 1.807) is 11.3 Å². The van der Waals surface area contributed by atoms with Crippen LogP contribution in [0.25, 0.3) is 21.3 Å². The topological polar surface area (TPSA) is 78.5 Å². The van der Waals surface area contributed by atoms with Gasteiger partial charge in [-0.3, -0.25) is 5.10 Å². The molecule has 4 aromatic rings. The van der Waals surface area contributed by atoms with Crippen molar-refractivity contribution in [1.29, 1.82) is 0 Å². The molecule has 2 unspecified atom stereocenters. The first-order valence-corrected chi connectivity index (χ1v) is 11.3. The standard InChI is InChI=1S/C23H26N6S/c1-14-3-5-18(9-14)25-12-16-7-8-24-22(10-16)28-23-27-20-6-4-17(11-21(20)30-23)19-13-26-29-15(19)2/h4,6-8,10-11,13-14,18,25H,3,5,9,12H2,1-2H3,(H,26,29)(H,24,27,28). The van der Waals surface area contributed by atoms with Crippen LogP contribution >= 0.6 is 11.3 Å². The van der Waals surface area contributed by atoms with Crippen LogP contribution in [0.15, 0.2) is 42.7 Å². The van der Waals surface area contributed by atoms with Gasteiger partial charge in [0.05, 0.1) is 16.4 Å². The normalized spacial score (nSPS) is 18.9. The van der Waals surface area contributed by atoms with Crippen LogP contribution in [0.1, 0.15) is 37.4 Å². The Balaban J connectivity index is 1.30.